The molecule has 14 heavy (non-hydrogen) atoms. The first kappa shape index (κ1) is 11.8. The van der Waals surface area contributed by atoms with Gasteiger partial charge in [-0.05, 0) is 20.2 Å². The molecular formula is C9H17N3S2. The van der Waals surface area contributed by atoms with E-state index < -0.39 is 0 Å². The van der Waals surface area contributed by atoms with Crippen LogP contribution in [0, 0.1) is 0 Å². The van der Waals surface area contributed by atoms with E-state index in [2.05, 4.69) is 30.1 Å². The summed E-state index contributed by atoms with van der Waals surface area (Å²) in [5.74, 6) is 1.15. The van der Waals surface area contributed by atoms with Crippen LogP contribution in [0.5, 0.6) is 0 Å². The minimum Gasteiger partial charge on any atom is -0.375 e. The molecule has 0 saturated carbocycles. The van der Waals surface area contributed by atoms with E-state index in [1.165, 1.54) is 11.3 Å². The lowest BCUT2D eigenvalue weighted by molar-refractivity contribution is 0.267. The lowest BCUT2D eigenvalue weighted by Crippen LogP contribution is -2.30. The molecule has 0 aliphatic rings. The van der Waals surface area contributed by atoms with Gasteiger partial charge in [-0.1, -0.05) is 0 Å². The topological polar surface area (TPSA) is 42.1 Å². The molecule has 1 unspecified atom stereocenters. The Balaban J connectivity index is 2.43. The summed E-state index contributed by atoms with van der Waals surface area (Å²) in [6.07, 6.45) is 2.13. The van der Waals surface area contributed by atoms with Gasteiger partial charge < -0.3 is 5.73 Å². The van der Waals surface area contributed by atoms with Crippen molar-refractivity contribution in [3.63, 3.8) is 0 Å². The Morgan fingerprint density at radius 1 is 1.71 bits per heavy atom. The van der Waals surface area contributed by atoms with Gasteiger partial charge in [0, 0.05) is 23.7 Å². The number of thioether (sulfide) groups is 1. The van der Waals surface area contributed by atoms with Crippen LogP contribution >= 0.6 is 23.1 Å². The van der Waals surface area contributed by atoms with Crippen LogP contribution in [0.2, 0.25) is 0 Å². The molecule has 5 heteroatoms. The van der Waals surface area contributed by atoms with Crippen LogP contribution in [0.3, 0.4) is 0 Å². The zero-order valence-electron chi connectivity index (χ0n) is 8.86. The maximum atomic E-state index is 5.57. The van der Waals surface area contributed by atoms with Crippen LogP contribution in [-0.4, -0.2) is 35.0 Å². The second-order valence-electron chi connectivity index (χ2n) is 3.40. The number of nitrogens with two attached hydrogens (primary N) is 1. The lowest BCUT2D eigenvalue weighted by atomic mass is 10.3. The van der Waals surface area contributed by atoms with Crippen LogP contribution in [0.25, 0.3) is 0 Å². The van der Waals surface area contributed by atoms with Gasteiger partial charge in [-0.15, -0.1) is 11.3 Å². The summed E-state index contributed by atoms with van der Waals surface area (Å²) in [5.41, 5.74) is 6.65. The highest BCUT2D eigenvalue weighted by Gasteiger charge is 2.10. The van der Waals surface area contributed by atoms with Gasteiger partial charge in [-0.25, -0.2) is 4.98 Å². The summed E-state index contributed by atoms with van der Waals surface area (Å²) < 4.78 is 0. The van der Waals surface area contributed by atoms with E-state index in [0.29, 0.717) is 11.2 Å². The third-order valence-electron chi connectivity index (χ3n) is 2.14. The Bertz CT molecular complexity index is 275. The molecule has 0 saturated heterocycles. The first-order valence-electron chi connectivity index (χ1n) is 4.52. The Morgan fingerprint density at radius 3 is 2.93 bits per heavy atom. The van der Waals surface area contributed by atoms with Gasteiger partial charge in [0.25, 0.3) is 0 Å². The third-order valence-corrected chi connectivity index (χ3v) is 3.68. The van der Waals surface area contributed by atoms with E-state index >= 15 is 0 Å². The van der Waals surface area contributed by atoms with Crippen molar-refractivity contribution >= 4 is 28.2 Å². The highest BCUT2D eigenvalue weighted by atomic mass is 32.2. The molecule has 1 aromatic heterocycles. The molecule has 0 radical (unpaired) electrons. The van der Waals surface area contributed by atoms with Crippen LogP contribution < -0.4 is 5.73 Å². The van der Waals surface area contributed by atoms with Crippen molar-refractivity contribution in [3.05, 3.63) is 11.1 Å². The Hall–Kier alpha value is -0.260. The van der Waals surface area contributed by atoms with E-state index in [1.807, 2.05) is 17.1 Å². The largest absolute Gasteiger partial charge is 0.375 e. The van der Waals surface area contributed by atoms with E-state index in [1.54, 1.807) is 0 Å². The van der Waals surface area contributed by atoms with Gasteiger partial charge in [0.1, 0.15) is 0 Å². The van der Waals surface area contributed by atoms with Gasteiger partial charge >= 0.3 is 0 Å². The maximum absolute atomic E-state index is 5.57. The third kappa shape index (κ3) is 3.48. The van der Waals surface area contributed by atoms with Gasteiger partial charge in [-0.2, -0.15) is 11.8 Å². The van der Waals surface area contributed by atoms with Crippen molar-refractivity contribution in [3.8, 4) is 0 Å². The van der Waals surface area contributed by atoms with E-state index in [0.717, 1.165) is 18.0 Å². The highest BCUT2D eigenvalue weighted by molar-refractivity contribution is 7.98. The average Bonchev–Trinajstić information content (AvgIpc) is 2.51. The van der Waals surface area contributed by atoms with E-state index in [4.69, 9.17) is 5.73 Å². The van der Waals surface area contributed by atoms with Crippen molar-refractivity contribution in [1.82, 2.24) is 9.88 Å². The number of thiazole rings is 1. The molecule has 1 heterocycles. The fourth-order valence-electron chi connectivity index (χ4n) is 1.18. The van der Waals surface area contributed by atoms with E-state index in [9.17, 15) is 0 Å². The van der Waals surface area contributed by atoms with Gasteiger partial charge in [0.2, 0.25) is 0 Å². The molecule has 0 aliphatic heterocycles. The number of nitrogens with zero attached hydrogens (tertiary/aromatic N) is 2. The van der Waals surface area contributed by atoms with Gasteiger partial charge in [0.05, 0.1) is 5.69 Å². The second kappa shape index (κ2) is 5.58. The van der Waals surface area contributed by atoms with Crippen LogP contribution in [0.15, 0.2) is 5.38 Å². The monoisotopic (exact) mass is 231 g/mol. The molecule has 0 spiro atoms. The Labute approximate surface area is 93.7 Å². The van der Waals surface area contributed by atoms with Crippen molar-refractivity contribution < 1.29 is 0 Å². The summed E-state index contributed by atoms with van der Waals surface area (Å²) in [5, 5.41) is 2.68. The Kier molecular flexibility index (Phi) is 4.71. The molecule has 0 aromatic carbocycles. The molecular weight excluding hydrogens is 214 g/mol. The summed E-state index contributed by atoms with van der Waals surface area (Å²) in [6, 6.07) is 0.577. The fraction of sp³-hybridized carbons (Fsp3) is 0.667. The molecule has 1 atom stereocenters. The van der Waals surface area contributed by atoms with Gasteiger partial charge in [0.15, 0.2) is 5.13 Å². The first-order chi connectivity index (χ1) is 6.63. The Morgan fingerprint density at radius 2 is 2.43 bits per heavy atom. The number of nitrogen functional groups attached to an aromatic ring is 1. The van der Waals surface area contributed by atoms with E-state index in [-0.39, 0.29) is 0 Å². The van der Waals surface area contributed by atoms with Crippen LogP contribution in [0.4, 0.5) is 5.13 Å². The van der Waals surface area contributed by atoms with Crippen molar-refractivity contribution in [2.24, 2.45) is 0 Å². The normalized spacial score (nSPS) is 13.4. The lowest BCUT2D eigenvalue weighted by Gasteiger charge is -2.22. The quantitative estimate of drug-likeness (QED) is 0.840. The number of aromatic nitrogens is 1. The molecule has 3 nitrogen and oxygen atoms in total. The van der Waals surface area contributed by atoms with Gasteiger partial charge in [-0.3, -0.25) is 4.90 Å². The molecule has 80 valence electrons. The maximum Gasteiger partial charge on any atom is 0.180 e. The van der Waals surface area contributed by atoms with Crippen molar-refractivity contribution in [1.29, 1.82) is 0 Å². The average molecular weight is 231 g/mol. The summed E-state index contributed by atoms with van der Waals surface area (Å²) in [7, 11) is 2.12. The minimum absolute atomic E-state index is 0.577. The molecule has 2 N–H and O–H groups in total. The number of hydrogen-bond acceptors (Lipinski definition) is 5. The number of anilines is 1. The SMILES string of the molecule is CSCC(C)N(C)Cc1csc(N)n1. The smallest absolute Gasteiger partial charge is 0.180 e. The number of rotatable bonds is 5. The summed E-state index contributed by atoms with van der Waals surface area (Å²) in [4.78, 5) is 6.54. The number of hydrogen-bond donors (Lipinski definition) is 1. The van der Waals surface area contributed by atoms with Crippen molar-refractivity contribution in [2.75, 3.05) is 24.8 Å². The zero-order chi connectivity index (χ0) is 10.6. The molecule has 1 aromatic rings. The summed E-state index contributed by atoms with van der Waals surface area (Å²) in [6.45, 7) is 3.11. The molecule has 0 aliphatic carbocycles. The minimum atomic E-state index is 0.577. The highest BCUT2D eigenvalue weighted by Crippen LogP contribution is 2.14. The predicted molar refractivity (Wildman–Crippen MR) is 65.8 cm³/mol. The predicted octanol–water partition coefficient (Wildman–Crippen LogP) is 1.91. The molecule has 0 fully saturated rings. The molecule has 0 amide bonds. The van der Waals surface area contributed by atoms with Crippen molar-refractivity contribution in [2.45, 2.75) is 19.5 Å². The standard InChI is InChI=1S/C9H17N3S2/c1-7(5-13-3)12(2)4-8-6-14-9(10)11-8/h6-7H,4-5H2,1-3H3,(H2,10,11). The second-order valence-corrected chi connectivity index (χ2v) is 5.20. The van der Waals surface area contributed by atoms with Crippen LogP contribution in [0.1, 0.15) is 12.6 Å². The van der Waals surface area contributed by atoms with Crippen LogP contribution in [-0.2, 0) is 6.54 Å². The zero-order valence-corrected chi connectivity index (χ0v) is 10.5. The first-order valence-corrected chi connectivity index (χ1v) is 6.80. The molecule has 1 rings (SSSR count). The fourth-order valence-corrected chi connectivity index (χ4v) is 2.47. The summed E-state index contributed by atoms with van der Waals surface area (Å²) >= 11 is 3.38. The molecule has 0 bridgehead atoms.